The fraction of sp³-hybridized carbons (Fsp3) is 0.667. The number of carbonyl (C=O) groups is 8. The normalized spacial score (nSPS) is 18.8. The van der Waals surface area contributed by atoms with Crippen molar-refractivity contribution < 1.29 is 52.6 Å². The fourth-order valence-electron chi connectivity index (χ4n) is 11.2. The minimum Gasteiger partial charge on any atom is -0.467 e. The second-order valence-corrected chi connectivity index (χ2v) is 22.4. The lowest BCUT2D eigenvalue weighted by Crippen LogP contribution is -2.60. The van der Waals surface area contributed by atoms with Gasteiger partial charge in [-0.15, -0.1) is 0 Å². The number of methoxy groups -OCH3 is 3. The number of likely N-dealkylation sites (tertiary alicyclic amines) is 2. The maximum absolute atomic E-state index is 14.8. The summed E-state index contributed by atoms with van der Waals surface area (Å²) in [5, 5.41) is 6.00. The van der Waals surface area contributed by atoms with Crippen molar-refractivity contribution in [1.29, 1.82) is 0 Å². The quantitative estimate of drug-likeness (QED) is 0.0502. The SMILES string of the molecule is CC[C@H](C)[C@@H]([C@@H](CC(=O)N1CCC[C@H]1[C@H](OC)[C@@H](C)C(=O)N[C@@H](Cc1ccccc1)C(=O)OC)OC)N(C)C(=O)[C@@H](NC(=O)[C@H](C(C)C)N(C)CCc1ccc(N(C)C(=O)CCCCCN2C(=O)CC(C)C2=O)cc1)C(C)C. The van der Waals surface area contributed by atoms with Crippen LogP contribution in [0.3, 0.4) is 0 Å². The predicted octanol–water partition coefficient (Wildman–Crippen LogP) is 6.07. The molecule has 2 saturated heterocycles. The molecule has 434 valence electrons. The van der Waals surface area contributed by atoms with Gasteiger partial charge in [-0.25, -0.2) is 4.79 Å². The Labute approximate surface area is 465 Å². The van der Waals surface area contributed by atoms with Crippen LogP contribution in [0.1, 0.15) is 124 Å². The van der Waals surface area contributed by atoms with Gasteiger partial charge in [0, 0.05) is 78.8 Å². The highest BCUT2D eigenvalue weighted by molar-refractivity contribution is 6.03. The van der Waals surface area contributed by atoms with Crippen LogP contribution in [0.4, 0.5) is 5.69 Å². The van der Waals surface area contributed by atoms with Crippen LogP contribution >= 0.6 is 0 Å². The molecule has 2 aliphatic heterocycles. The number of ether oxygens (including phenoxy) is 3. The molecular weight excluding hydrogens is 995 g/mol. The Morgan fingerprint density at radius 3 is 2.03 bits per heavy atom. The number of nitrogens with zero attached hydrogens (tertiary/aromatic N) is 5. The van der Waals surface area contributed by atoms with Gasteiger partial charge in [0.1, 0.15) is 12.1 Å². The Morgan fingerprint density at radius 1 is 0.795 bits per heavy atom. The number of amides is 7. The second kappa shape index (κ2) is 31.2. The van der Waals surface area contributed by atoms with Crippen molar-refractivity contribution in [3.63, 3.8) is 0 Å². The number of unbranched alkanes of at least 4 members (excludes halogenated alkanes) is 2. The molecule has 1 unspecified atom stereocenters. The summed E-state index contributed by atoms with van der Waals surface area (Å²) in [5.41, 5.74) is 2.66. The average Bonchev–Trinajstić information content (AvgIpc) is 4.01. The molecule has 2 aromatic carbocycles. The van der Waals surface area contributed by atoms with E-state index < -0.39 is 60.2 Å². The van der Waals surface area contributed by atoms with Gasteiger partial charge >= 0.3 is 5.97 Å². The van der Waals surface area contributed by atoms with E-state index in [1.807, 2.05) is 108 Å². The molecule has 2 heterocycles. The van der Waals surface area contributed by atoms with Gasteiger partial charge in [-0.2, -0.15) is 0 Å². The smallest absolute Gasteiger partial charge is 0.328 e. The number of carbonyl (C=O) groups excluding carboxylic acids is 8. The molecule has 78 heavy (non-hydrogen) atoms. The fourth-order valence-corrected chi connectivity index (χ4v) is 11.2. The van der Waals surface area contributed by atoms with Crippen LogP contribution in [0.15, 0.2) is 54.6 Å². The zero-order chi connectivity index (χ0) is 58.0. The summed E-state index contributed by atoms with van der Waals surface area (Å²) in [4.78, 5) is 116. The lowest BCUT2D eigenvalue weighted by atomic mass is 9.89. The maximum Gasteiger partial charge on any atom is 0.328 e. The van der Waals surface area contributed by atoms with Crippen LogP contribution in [0.2, 0.25) is 0 Å². The molecule has 0 saturated carbocycles. The van der Waals surface area contributed by atoms with Crippen molar-refractivity contribution in [2.75, 3.05) is 67.0 Å². The van der Waals surface area contributed by atoms with Crippen molar-refractivity contribution in [1.82, 2.24) is 30.2 Å². The second-order valence-electron chi connectivity index (χ2n) is 22.4. The molecule has 0 aromatic heterocycles. The van der Waals surface area contributed by atoms with Crippen LogP contribution in [0.5, 0.6) is 0 Å². The van der Waals surface area contributed by atoms with Gasteiger partial charge in [0.25, 0.3) is 0 Å². The minimum absolute atomic E-state index is 0.0178. The van der Waals surface area contributed by atoms with Gasteiger partial charge in [-0.05, 0) is 80.2 Å². The first-order valence-electron chi connectivity index (χ1n) is 28.3. The van der Waals surface area contributed by atoms with E-state index in [2.05, 4.69) is 10.6 Å². The first-order valence-corrected chi connectivity index (χ1v) is 28.3. The molecule has 4 rings (SSSR count). The summed E-state index contributed by atoms with van der Waals surface area (Å²) < 4.78 is 17.1. The molecule has 2 fully saturated rings. The number of hydrogen-bond donors (Lipinski definition) is 2. The van der Waals surface area contributed by atoms with Gasteiger partial charge < -0.3 is 39.5 Å². The summed E-state index contributed by atoms with van der Waals surface area (Å²) >= 11 is 0. The van der Waals surface area contributed by atoms with E-state index in [9.17, 15) is 38.4 Å². The minimum atomic E-state index is -0.918. The number of benzene rings is 2. The molecule has 18 heteroatoms. The number of nitrogens with one attached hydrogen (secondary N) is 2. The van der Waals surface area contributed by atoms with E-state index in [1.165, 1.54) is 19.1 Å². The lowest BCUT2D eigenvalue weighted by molar-refractivity contribution is -0.149. The average molecular weight is 1090 g/mol. The van der Waals surface area contributed by atoms with E-state index in [0.717, 1.165) is 23.2 Å². The van der Waals surface area contributed by atoms with Crippen LogP contribution in [0.25, 0.3) is 0 Å². The molecule has 0 spiro atoms. The van der Waals surface area contributed by atoms with Crippen LogP contribution in [-0.2, 0) is 65.4 Å². The summed E-state index contributed by atoms with van der Waals surface area (Å²) in [5.74, 6) is -3.40. The van der Waals surface area contributed by atoms with E-state index >= 15 is 0 Å². The number of hydrogen-bond acceptors (Lipinski definition) is 12. The Balaban J connectivity index is 1.37. The van der Waals surface area contributed by atoms with Crippen LogP contribution in [-0.4, -0.2) is 171 Å². The van der Waals surface area contributed by atoms with Crippen molar-refractivity contribution in [2.45, 2.75) is 168 Å². The Kier molecular flexibility index (Phi) is 25.9. The van der Waals surface area contributed by atoms with Crippen LogP contribution < -0.4 is 15.5 Å². The highest BCUT2D eigenvalue weighted by Gasteiger charge is 2.44. The lowest BCUT2D eigenvalue weighted by Gasteiger charge is -2.41. The molecule has 10 atom stereocenters. The number of rotatable bonds is 31. The molecule has 2 N–H and O–H groups in total. The summed E-state index contributed by atoms with van der Waals surface area (Å²) in [7, 11) is 9.73. The highest BCUT2D eigenvalue weighted by atomic mass is 16.5. The number of likely N-dealkylation sites (N-methyl/N-ethyl adjacent to an activating group) is 2. The van der Waals surface area contributed by atoms with Gasteiger partial charge in [-0.1, -0.05) is 111 Å². The molecule has 2 aliphatic rings. The molecule has 7 amide bonds. The zero-order valence-corrected chi connectivity index (χ0v) is 49.3. The van der Waals surface area contributed by atoms with Gasteiger partial charge in [0.05, 0.1) is 49.8 Å². The van der Waals surface area contributed by atoms with Crippen molar-refractivity contribution in [3.05, 3.63) is 65.7 Å². The maximum atomic E-state index is 14.8. The third-order valence-electron chi connectivity index (χ3n) is 16.1. The van der Waals surface area contributed by atoms with E-state index in [1.54, 1.807) is 49.8 Å². The molecule has 0 aliphatic carbocycles. The zero-order valence-electron chi connectivity index (χ0n) is 49.3. The predicted molar refractivity (Wildman–Crippen MR) is 301 cm³/mol. The third-order valence-corrected chi connectivity index (χ3v) is 16.1. The van der Waals surface area contributed by atoms with Crippen LogP contribution in [0, 0.1) is 29.6 Å². The Morgan fingerprint density at radius 2 is 1.46 bits per heavy atom. The number of esters is 1. The topological polar surface area (TPSA) is 205 Å². The van der Waals surface area contributed by atoms with E-state index in [-0.39, 0.29) is 78.4 Å². The van der Waals surface area contributed by atoms with Gasteiger partial charge in [0.15, 0.2) is 0 Å². The van der Waals surface area contributed by atoms with Crippen molar-refractivity contribution in [3.8, 4) is 0 Å². The molecule has 0 bridgehead atoms. The molecular formula is C60H93N7O11. The third kappa shape index (κ3) is 17.4. The molecule has 2 aromatic rings. The first kappa shape index (κ1) is 64.8. The van der Waals surface area contributed by atoms with E-state index in [0.29, 0.717) is 64.6 Å². The first-order chi connectivity index (χ1) is 37.0. The Hall–Kier alpha value is -5.72. The van der Waals surface area contributed by atoms with Gasteiger partial charge in [0.2, 0.25) is 41.4 Å². The van der Waals surface area contributed by atoms with Crippen molar-refractivity contribution >= 4 is 53.0 Å². The number of anilines is 1. The van der Waals surface area contributed by atoms with Crippen molar-refractivity contribution in [2.24, 2.45) is 29.6 Å². The standard InChI is InChI=1S/C60H93N7O11/c1-15-40(6)54(48(76-12)37-51(70)66-33-22-25-47(66)55(77-13)42(8)56(71)61-46(60(75)78-14)36-44-23-18-16-19-24-44)65(11)59(74)52(38(2)3)62-57(72)53(39(4)5)63(9)34-31-43-27-29-45(30-28-43)64(10)49(68)26-20-17-21-32-67-50(69)35-41(7)58(67)73/h16,18-19,23-24,27-30,38-42,46-48,52-55H,15,17,20-22,25-26,31-37H2,1-14H3,(H,61,71)(H,62,72)/t40-,41?,42+,46-,47-,48+,52-,53-,54-,55+/m0/s1. The largest absolute Gasteiger partial charge is 0.467 e. The monoisotopic (exact) mass is 1090 g/mol. The summed E-state index contributed by atoms with van der Waals surface area (Å²) in [6.07, 6.45) is 4.13. The van der Waals surface area contributed by atoms with E-state index in [4.69, 9.17) is 14.2 Å². The highest BCUT2D eigenvalue weighted by Crippen LogP contribution is 2.30. The summed E-state index contributed by atoms with van der Waals surface area (Å²) in [6, 6.07) is 13.9. The molecule has 0 radical (unpaired) electrons. The van der Waals surface area contributed by atoms with Gasteiger partial charge in [-0.3, -0.25) is 43.4 Å². The Bertz CT molecular complexity index is 2300. The summed E-state index contributed by atoms with van der Waals surface area (Å²) in [6.45, 7) is 16.7. The number of imide groups is 1. The molecule has 18 nitrogen and oxygen atoms in total.